The van der Waals surface area contributed by atoms with Gasteiger partial charge in [-0.2, -0.15) is 0 Å². The zero-order valence-electron chi connectivity index (χ0n) is 28.9. The summed E-state index contributed by atoms with van der Waals surface area (Å²) in [5.41, 5.74) is 11.0. The molecule has 0 nitrogen and oxygen atoms in total. The lowest BCUT2D eigenvalue weighted by Gasteiger charge is -2.36. The summed E-state index contributed by atoms with van der Waals surface area (Å²) in [6, 6.07) is 60.9. The second kappa shape index (κ2) is 10.5. The summed E-state index contributed by atoms with van der Waals surface area (Å²) in [6.45, 7) is 9.58. The van der Waals surface area contributed by atoms with Gasteiger partial charge in [0.25, 0.3) is 0 Å². The predicted molar refractivity (Wildman–Crippen MR) is 218 cm³/mol. The molecule has 0 saturated heterocycles. The van der Waals surface area contributed by atoms with Gasteiger partial charge in [-0.15, -0.1) is 11.3 Å². The molecule has 7 aromatic carbocycles. The maximum Gasteiger partial charge on any atom is 0.179 e. The first-order valence-electron chi connectivity index (χ1n) is 17.8. The summed E-state index contributed by atoms with van der Waals surface area (Å²) < 4.78 is 2.70. The normalized spacial score (nSPS) is 16.1. The number of hydrogen-bond donors (Lipinski definition) is 0. The van der Waals surface area contributed by atoms with Gasteiger partial charge in [-0.1, -0.05) is 173 Å². The molecular weight excluding hydrogens is 637 g/mol. The van der Waals surface area contributed by atoms with E-state index in [4.69, 9.17) is 0 Å². The number of hydrogen-bond acceptors (Lipinski definition) is 1. The van der Waals surface area contributed by atoms with Crippen molar-refractivity contribution in [1.29, 1.82) is 0 Å². The molecule has 2 aliphatic carbocycles. The van der Waals surface area contributed by atoms with Crippen LogP contribution in [0.25, 0.3) is 42.4 Å². The first kappa shape index (κ1) is 29.9. The van der Waals surface area contributed by atoms with Crippen LogP contribution in [0, 0.1) is 0 Å². The van der Waals surface area contributed by atoms with Crippen molar-refractivity contribution in [2.45, 2.75) is 38.5 Å². The van der Waals surface area contributed by atoms with Gasteiger partial charge in [-0.25, -0.2) is 0 Å². The molecule has 0 fully saturated rings. The largest absolute Gasteiger partial charge is 0.179 e. The minimum Gasteiger partial charge on any atom is -0.135 e. The fourth-order valence-corrected chi connectivity index (χ4v) is 15.4. The Kier molecular flexibility index (Phi) is 6.27. The van der Waals surface area contributed by atoms with Crippen LogP contribution >= 0.6 is 11.3 Å². The first-order chi connectivity index (χ1) is 24.3. The predicted octanol–water partition coefficient (Wildman–Crippen LogP) is 10.0. The zero-order valence-corrected chi connectivity index (χ0v) is 30.7. The summed E-state index contributed by atoms with van der Waals surface area (Å²) in [5.74, 6) is 0. The summed E-state index contributed by atoms with van der Waals surface area (Å²) in [5, 5.41) is 8.42. The lowest BCUT2D eigenvalue weighted by Crippen LogP contribution is -2.74. The van der Waals surface area contributed by atoms with Crippen LogP contribution in [0.15, 0.2) is 158 Å². The Morgan fingerprint density at radius 2 is 0.880 bits per heavy atom. The molecular formula is C48H38SSi. The smallest absolute Gasteiger partial charge is 0.135 e. The molecule has 0 saturated carbocycles. The SMILES string of the molecule is CC1(C)c2ccccc2-c2cc([Si](c3ccccc3)(c3ccc4c(c3)C(C)(C)c3ccccc3-4)c3ccc4sc5ccccc5c4c3)ccc21. The molecule has 1 heterocycles. The van der Waals surface area contributed by atoms with Crippen molar-refractivity contribution in [3.63, 3.8) is 0 Å². The zero-order chi connectivity index (χ0) is 33.8. The molecule has 10 rings (SSSR count). The Morgan fingerprint density at radius 3 is 1.66 bits per heavy atom. The second-order valence-corrected chi connectivity index (χ2v) is 20.2. The third kappa shape index (κ3) is 3.92. The molecule has 0 aliphatic heterocycles. The number of thiophene rings is 1. The Morgan fingerprint density at radius 1 is 0.360 bits per heavy atom. The maximum atomic E-state index is 2.61. The monoisotopic (exact) mass is 674 g/mol. The quantitative estimate of drug-likeness (QED) is 0.129. The van der Waals surface area contributed by atoms with E-state index in [1.165, 1.54) is 85.4 Å². The first-order valence-corrected chi connectivity index (χ1v) is 20.6. The molecule has 0 N–H and O–H groups in total. The van der Waals surface area contributed by atoms with Crippen LogP contribution in [0.1, 0.15) is 49.9 Å². The molecule has 0 amide bonds. The summed E-state index contributed by atoms with van der Waals surface area (Å²) in [7, 11) is -2.89. The lowest BCUT2D eigenvalue weighted by atomic mass is 9.82. The van der Waals surface area contributed by atoms with Crippen LogP contribution < -0.4 is 20.7 Å². The molecule has 1 atom stereocenters. The Hall–Kier alpha value is -5.02. The molecule has 2 heteroatoms. The van der Waals surface area contributed by atoms with E-state index in [1.807, 2.05) is 11.3 Å². The minimum absolute atomic E-state index is 0.0424. The van der Waals surface area contributed by atoms with Gasteiger partial charge in [0.15, 0.2) is 8.07 Å². The van der Waals surface area contributed by atoms with E-state index < -0.39 is 8.07 Å². The Bertz CT molecular complexity index is 2660. The Labute approximate surface area is 299 Å². The van der Waals surface area contributed by atoms with Gasteiger partial charge in [-0.05, 0) is 77.4 Å². The molecule has 8 aromatic rings. The molecule has 50 heavy (non-hydrogen) atoms. The highest BCUT2D eigenvalue weighted by molar-refractivity contribution is 7.26. The topological polar surface area (TPSA) is 0 Å². The molecule has 1 unspecified atom stereocenters. The van der Waals surface area contributed by atoms with Crippen LogP contribution in [-0.4, -0.2) is 8.07 Å². The average Bonchev–Trinajstić information content (AvgIpc) is 3.72. The highest BCUT2D eigenvalue weighted by Gasteiger charge is 2.45. The average molecular weight is 675 g/mol. The second-order valence-electron chi connectivity index (χ2n) is 15.3. The standard InChI is InChI=1S/C48H38SSi/c1-47(2)42-20-12-9-17-36(42)39-28-32(23-26-43(39)47)50(31-14-6-5-7-15-31,33-24-27-46-40(29-33)38-18-10-13-21-45(38)49-46)34-22-25-37-35-16-8-11-19-41(35)48(3,4)44(37)30-34/h5-30H,1-4H3. The lowest BCUT2D eigenvalue weighted by molar-refractivity contribution is 0.660. The molecule has 0 radical (unpaired) electrons. The number of rotatable bonds is 4. The minimum atomic E-state index is -2.89. The van der Waals surface area contributed by atoms with Crippen LogP contribution in [0.4, 0.5) is 0 Å². The number of fused-ring (bicyclic) bond motifs is 9. The van der Waals surface area contributed by atoms with Crippen LogP contribution in [0.3, 0.4) is 0 Å². The van der Waals surface area contributed by atoms with Crippen molar-refractivity contribution in [3.8, 4) is 22.3 Å². The van der Waals surface area contributed by atoms with E-state index in [0.29, 0.717) is 0 Å². The fraction of sp³-hybridized carbons (Fsp3) is 0.125. The molecule has 1 aromatic heterocycles. The summed E-state index contributed by atoms with van der Waals surface area (Å²) in [4.78, 5) is 0. The van der Waals surface area contributed by atoms with Gasteiger partial charge in [0.1, 0.15) is 0 Å². The van der Waals surface area contributed by atoms with Crippen LogP contribution in [0.2, 0.25) is 0 Å². The van der Waals surface area contributed by atoms with E-state index in [-0.39, 0.29) is 10.8 Å². The van der Waals surface area contributed by atoms with E-state index in [0.717, 1.165) is 0 Å². The molecule has 240 valence electrons. The van der Waals surface area contributed by atoms with Crippen molar-refractivity contribution in [2.24, 2.45) is 0 Å². The van der Waals surface area contributed by atoms with Gasteiger partial charge in [0.05, 0.1) is 0 Å². The van der Waals surface area contributed by atoms with E-state index in [9.17, 15) is 0 Å². The number of benzene rings is 7. The van der Waals surface area contributed by atoms with Crippen molar-refractivity contribution < 1.29 is 0 Å². The highest BCUT2D eigenvalue weighted by atomic mass is 32.1. The maximum absolute atomic E-state index is 2.89. The van der Waals surface area contributed by atoms with Gasteiger partial charge < -0.3 is 0 Å². The third-order valence-electron chi connectivity index (χ3n) is 12.0. The third-order valence-corrected chi connectivity index (χ3v) is 17.9. The van der Waals surface area contributed by atoms with Crippen molar-refractivity contribution in [3.05, 3.63) is 180 Å². The van der Waals surface area contributed by atoms with Gasteiger partial charge in [0.2, 0.25) is 0 Å². The fourth-order valence-electron chi connectivity index (χ4n) is 9.54. The van der Waals surface area contributed by atoms with Crippen molar-refractivity contribution in [2.75, 3.05) is 0 Å². The van der Waals surface area contributed by atoms with Gasteiger partial charge >= 0.3 is 0 Å². The summed E-state index contributed by atoms with van der Waals surface area (Å²) >= 11 is 1.90. The Balaban J connectivity index is 1.33. The van der Waals surface area contributed by atoms with E-state index in [1.54, 1.807) is 0 Å². The van der Waals surface area contributed by atoms with E-state index in [2.05, 4.69) is 185 Å². The van der Waals surface area contributed by atoms with Crippen LogP contribution in [0.5, 0.6) is 0 Å². The van der Waals surface area contributed by atoms with Gasteiger partial charge in [0, 0.05) is 31.0 Å². The molecule has 0 spiro atoms. The molecule has 0 bridgehead atoms. The molecule has 2 aliphatic rings. The van der Waals surface area contributed by atoms with Crippen LogP contribution in [-0.2, 0) is 10.8 Å². The van der Waals surface area contributed by atoms with E-state index >= 15 is 0 Å². The summed E-state index contributed by atoms with van der Waals surface area (Å²) in [6.07, 6.45) is 0. The highest BCUT2D eigenvalue weighted by Crippen LogP contribution is 2.49. The van der Waals surface area contributed by atoms with Gasteiger partial charge in [-0.3, -0.25) is 0 Å². The van der Waals surface area contributed by atoms with Crippen molar-refractivity contribution >= 4 is 60.3 Å². The van der Waals surface area contributed by atoms with Crippen molar-refractivity contribution in [1.82, 2.24) is 0 Å².